The van der Waals surface area contributed by atoms with Gasteiger partial charge in [0.15, 0.2) is 0 Å². The molecule has 0 spiro atoms. The highest BCUT2D eigenvalue weighted by Gasteiger charge is 2.16. The summed E-state index contributed by atoms with van der Waals surface area (Å²) in [5.74, 6) is 4.62. The molecule has 0 saturated heterocycles. The maximum Gasteiger partial charge on any atom is 0.255 e. The predicted molar refractivity (Wildman–Crippen MR) is 72.3 cm³/mol. The Balaban J connectivity index is 2.59. The van der Waals surface area contributed by atoms with Crippen molar-refractivity contribution in [1.82, 2.24) is 15.6 Å². The van der Waals surface area contributed by atoms with Crippen molar-refractivity contribution in [2.45, 2.75) is 26.3 Å². The molecular weight excluding hydrogens is 246 g/mol. The van der Waals surface area contributed by atoms with Gasteiger partial charge in [-0.15, -0.1) is 0 Å². The molecule has 0 radical (unpaired) electrons. The predicted octanol–water partition coefficient (Wildman–Crippen LogP) is 0.0117. The van der Waals surface area contributed by atoms with E-state index in [2.05, 4.69) is 21.0 Å². The fourth-order valence-corrected chi connectivity index (χ4v) is 1.42. The molecule has 1 heterocycles. The van der Waals surface area contributed by atoms with E-state index >= 15 is 0 Å². The Labute approximate surface area is 111 Å². The first-order chi connectivity index (χ1) is 8.83. The zero-order valence-electron chi connectivity index (χ0n) is 11.3. The number of hydrogen-bond acceptors (Lipinski definition) is 5. The van der Waals surface area contributed by atoms with Crippen molar-refractivity contribution in [3.8, 4) is 0 Å². The van der Waals surface area contributed by atoms with Crippen LogP contribution in [0.15, 0.2) is 18.5 Å². The van der Waals surface area contributed by atoms with Crippen molar-refractivity contribution in [2.75, 3.05) is 12.0 Å². The van der Waals surface area contributed by atoms with Crippen LogP contribution in [0.3, 0.4) is 0 Å². The van der Waals surface area contributed by atoms with Crippen LogP contribution >= 0.6 is 0 Å². The van der Waals surface area contributed by atoms with Crippen LogP contribution in [0, 0.1) is 0 Å². The molecule has 0 aromatic carbocycles. The minimum atomic E-state index is -0.412. The van der Waals surface area contributed by atoms with Gasteiger partial charge in [0.25, 0.3) is 5.91 Å². The third-order valence-corrected chi connectivity index (χ3v) is 2.15. The molecule has 0 bridgehead atoms. The molecule has 19 heavy (non-hydrogen) atoms. The van der Waals surface area contributed by atoms with Crippen LogP contribution in [-0.2, 0) is 4.79 Å². The number of aromatic nitrogens is 1. The van der Waals surface area contributed by atoms with Gasteiger partial charge in [-0.3, -0.25) is 20.4 Å². The van der Waals surface area contributed by atoms with Gasteiger partial charge in [-0.1, -0.05) is 0 Å². The van der Waals surface area contributed by atoms with Gasteiger partial charge in [0.2, 0.25) is 5.91 Å². The molecule has 7 heteroatoms. The van der Waals surface area contributed by atoms with Gasteiger partial charge in [-0.05, 0) is 26.8 Å². The topological polar surface area (TPSA) is 109 Å². The molecule has 1 aromatic heterocycles. The minimum Gasteiger partial charge on any atom is -0.350 e. The minimum absolute atomic E-state index is 0.102. The van der Waals surface area contributed by atoms with Gasteiger partial charge in [0.1, 0.15) is 0 Å². The quantitative estimate of drug-likeness (QED) is 0.453. The molecule has 0 atom stereocenters. The number of carbonyl (C=O) groups excluding carboxylic acids is 2. The van der Waals surface area contributed by atoms with Crippen molar-refractivity contribution in [1.29, 1.82) is 0 Å². The SMILES string of the molecule is CC(C)(C)NC(=O)CNC(=O)c1cnccc1NN. The highest BCUT2D eigenvalue weighted by molar-refractivity contribution is 6.00. The van der Waals surface area contributed by atoms with Gasteiger partial charge < -0.3 is 16.1 Å². The number of nitrogens with one attached hydrogen (secondary N) is 3. The zero-order valence-corrected chi connectivity index (χ0v) is 11.3. The van der Waals surface area contributed by atoms with E-state index in [9.17, 15) is 9.59 Å². The first kappa shape index (κ1) is 14.9. The second-order valence-electron chi connectivity index (χ2n) is 5.05. The molecule has 0 saturated carbocycles. The number of rotatable bonds is 4. The van der Waals surface area contributed by atoms with E-state index in [4.69, 9.17) is 5.84 Å². The van der Waals surface area contributed by atoms with E-state index in [1.807, 2.05) is 20.8 Å². The van der Waals surface area contributed by atoms with Crippen LogP contribution in [0.1, 0.15) is 31.1 Å². The van der Waals surface area contributed by atoms with E-state index in [1.165, 1.54) is 12.4 Å². The molecule has 0 aliphatic carbocycles. The van der Waals surface area contributed by atoms with Crippen LogP contribution in [0.25, 0.3) is 0 Å². The summed E-state index contributed by atoms with van der Waals surface area (Å²) in [5.41, 5.74) is 2.80. The van der Waals surface area contributed by atoms with Gasteiger partial charge in [-0.2, -0.15) is 0 Å². The Morgan fingerprint density at radius 2 is 2.05 bits per heavy atom. The molecule has 104 valence electrons. The monoisotopic (exact) mass is 265 g/mol. The van der Waals surface area contributed by atoms with Crippen LogP contribution in [0.2, 0.25) is 0 Å². The van der Waals surface area contributed by atoms with E-state index < -0.39 is 5.91 Å². The molecule has 2 amide bonds. The fourth-order valence-electron chi connectivity index (χ4n) is 1.42. The standard InChI is InChI=1S/C12H19N5O2/c1-12(2,3)16-10(18)7-15-11(19)8-6-14-5-4-9(8)17-13/h4-6H,7,13H2,1-3H3,(H,14,17)(H,15,19)(H,16,18). The summed E-state index contributed by atoms with van der Waals surface area (Å²) in [5, 5.41) is 5.25. The van der Waals surface area contributed by atoms with Gasteiger partial charge >= 0.3 is 0 Å². The number of anilines is 1. The highest BCUT2D eigenvalue weighted by Crippen LogP contribution is 2.11. The average molecular weight is 265 g/mol. The highest BCUT2D eigenvalue weighted by atomic mass is 16.2. The molecule has 5 N–H and O–H groups in total. The molecule has 0 aliphatic rings. The first-order valence-corrected chi connectivity index (χ1v) is 5.83. The van der Waals surface area contributed by atoms with Crippen molar-refractivity contribution in [3.05, 3.63) is 24.0 Å². The lowest BCUT2D eigenvalue weighted by Crippen LogP contribution is -2.45. The Hall–Kier alpha value is -2.15. The molecule has 0 aliphatic heterocycles. The van der Waals surface area contributed by atoms with Crippen molar-refractivity contribution < 1.29 is 9.59 Å². The summed E-state index contributed by atoms with van der Waals surface area (Å²) in [4.78, 5) is 27.3. The van der Waals surface area contributed by atoms with Crippen LogP contribution < -0.4 is 21.9 Å². The third kappa shape index (κ3) is 4.92. The molecule has 1 aromatic rings. The lowest BCUT2D eigenvalue weighted by atomic mass is 10.1. The maximum atomic E-state index is 11.9. The maximum absolute atomic E-state index is 11.9. The Kier molecular flexibility index (Phi) is 4.82. The normalized spacial score (nSPS) is 10.7. The van der Waals surface area contributed by atoms with Crippen LogP contribution in [0.4, 0.5) is 5.69 Å². The van der Waals surface area contributed by atoms with Crippen LogP contribution in [-0.4, -0.2) is 28.9 Å². The average Bonchev–Trinajstić information content (AvgIpc) is 2.33. The van der Waals surface area contributed by atoms with Crippen molar-refractivity contribution in [3.63, 3.8) is 0 Å². The molecule has 7 nitrogen and oxygen atoms in total. The van der Waals surface area contributed by atoms with Crippen molar-refractivity contribution in [2.24, 2.45) is 5.84 Å². The summed E-state index contributed by atoms with van der Waals surface area (Å²) in [6, 6.07) is 1.57. The molecule has 0 unspecified atom stereocenters. The Morgan fingerprint density at radius 3 is 2.63 bits per heavy atom. The summed E-state index contributed by atoms with van der Waals surface area (Å²) in [7, 11) is 0. The summed E-state index contributed by atoms with van der Waals surface area (Å²) >= 11 is 0. The van der Waals surface area contributed by atoms with E-state index in [-0.39, 0.29) is 23.6 Å². The fraction of sp³-hybridized carbons (Fsp3) is 0.417. The smallest absolute Gasteiger partial charge is 0.255 e. The van der Waals surface area contributed by atoms with Gasteiger partial charge in [0, 0.05) is 17.9 Å². The van der Waals surface area contributed by atoms with E-state index in [0.29, 0.717) is 5.69 Å². The second-order valence-corrected chi connectivity index (χ2v) is 5.05. The zero-order chi connectivity index (χ0) is 14.5. The third-order valence-electron chi connectivity index (χ3n) is 2.15. The molecule has 1 rings (SSSR count). The van der Waals surface area contributed by atoms with Crippen molar-refractivity contribution >= 4 is 17.5 Å². The molecule has 0 fully saturated rings. The van der Waals surface area contributed by atoms with E-state index in [0.717, 1.165) is 0 Å². The summed E-state index contributed by atoms with van der Waals surface area (Å²) < 4.78 is 0. The molecular formula is C12H19N5O2. The first-order valence-electron chi connectivity index (χ1n) is 5.83. The van der Waals surface area contributed by atoms with Crippen LogP contribution in [0.5, 0.6) is 0 Å². The Morgan fingerprint density at radius 1 is 1.37 bits per heavy atom. The lowest BCUT2D eigenvalue weighted by molar-refractivity contribution is -0.121. The largest absolute Gasteiger partial charge is 0.350 e. The Bertz CT molecular complexity index is 467. The lowest BCUT2D eigenvalue weighted by Gasteiger charge is -2.20. The summed E-state index contributed by atoms with van der Waals surface area (Å²) in [6.07, 6.45) is 2.89. The number of carbonyl (C=O) groups is 2. The number of hydrogen-bond donors (Lipinski definition) is 4. The second kappa shape index (κ2) is 6.14. The number of pyridine rings is 1. The van der Waals surface area contributed by atoms with E-state index in [1.54, 1.807) is 6.07 Å². The summed E-state index contributed by atoms with van der Waals surface area (Å²) in [6.45, 7) is 5.49. The number of nitrogens with zero attached hydrogens (tertiary/aromatic N) is 1. The van der Waals surface area contributed by atoms with Gasteiger partial charge in [-0.25, -0.2) is 0 Å². The van der Waals surface area contributed by atoms with Gasteiger partial charge in [0.05, 0.1) is 17.8 Å². The number of nitrogens with two attached hydrogens (primary N) is 1. The number of hydrazine groups is 1. The number of amides is 2. The number of nitrogen functional groups attached to an aromatic ring is 1.